The molecule has 0 aromatic rings. The number of nitrogens with zero attached hydrogens (tertiary/aromatic N) is 1. The Morgan fingerprint density at radius 3 is 1.93 bits per heavy atom. The van der Waals surface area contributed by atoms with E-state index in [2.05, 4.69) is 12.2 Å². The van der Waals surface area contributed by atoms with Crippen molar-refractivity contribution in [3.05, 3.63) is 72.9 Å². The Balaban J connectivity index is 4.89. The van der Waals surface area contributed by atoms with E-state index in [-0.39, 0.29) is 25.9 Å². The number of phosphoric acid groups is 1. The topological polar surface area (TPSA) is 166 Å². The van der Waals surface area contributed by atoms with Gasteiger partial charge in [0.15, 0.2) is 0 Å². The van der Waals surface area contributed by atoms with Gasteiger partial charge < -0.3 is 35.1 Å². The summed E-state index contributed by atoms with van der Waals surface area (Å²) in [5.41, 5.74) is 0. The van der Waals surface area contributed by atoms with Gasteiger partial charge in [0, 0.05) is 6.42 Å². The molecular formula is C42H76N2O9P+. The lowest BCUT2D eigenvalue weighted by atomic mass is 10.0. The average molecular weight is 784 g/mol. The number of carbonyl (C=O) groups is 1. The fraction of sp³-hybridized carbons (Fsp3) is 0.690. The molecule has 12 heteroatoms. The van der Waals surface area contributed by atoms with Crippen molar-refractivity contribution in [3.8, 4) is 0 Å². The summed E-state index contributed by atoms with van der Waals surface area (Å²) in [5.74, 6) is -0.435. The molecule has 6 atom stereocenters. The first-order chi connectivity index (χ1) is 25.7. The molecule has 0 bridgehead atoms. The van der Waals surface area contributed by atoms with Crippen LogP contribution >= 0.6 is 7.82 Å². The second kappa shape index (κ2) is 33.0. The Morgan fingerprint density at radius 2 is 1.31 bits per heavy atom. The SMILES string of the molecule is CC/C=C\C[C@H](O)/C=C/C=C/C=C\C=C/[C@@H](O)[C@H](O)CCCC(=O)N[C@@H](COP(=O)(O)OCC[N+](C)(C)C)[C@H](O)/C=C/CCCCCCCCCCCC. The summed E-state index contributed by atoms with van der Waals surface area (Å²) in [6.45, 7) is 4.29. The summed E-state index contributed by atoms with van der Waals surface area (Å²) in [5, 5.41) is 44.1. The van der Waals surface area contributed by atoms with Crippen molar-refractivity contribution >= 4 is 13.7 Å². The van der Waals surface area contributed by atoms with Crippen LogP contribution in [-0.2, 0) is 18.4 Å². The minimum atomic E-state index is -4.43. The number of unbranched alkanes of at least 4 members (excludes halogenated alkanes) is 10. The van der Waals surface area contributed by atoms with E-state index in [0.717, 1.165) is 25.7 Å². The van der Waals surface area contributed by atoms with E-state index in [0.29, 0.717) is 17.4 Å². The molecule has 0 aliphatic carbocycles. The van der Waals surface area contributed by atoms with E-state index in [1.807, 2.05) is 46.3 Å². The predicted molar refractivity (Wildman–Crippen MR) is 221 cm³/mol. The number of aliphatic hydroxyl groups is 4. The third kappa shape index (κ3) is 33.2. The van der Waals surface area contributed by atoms with E-state index < -0.39 is 50.8 Å². The summed E-state index contributed by atoms with van der Waals surface area (Å²) in [6, 6.07) is -1.01. The van der Waals surface area contributed by atoms with Gasteiger partial charge in [-0.05, 0) is 38.5 Å². The predicted octanol–water partition coefficient (Wildman–Crippen LogP) is 7.37. The molecule has 0 saturated heterocycles. The number of quaternary nitrogens is 1. The highest BCUT2D eigenvalue weighted by atomic mass is 31.2. The van der Waals surface area contributed by atoms with Gasteiger partial charge in [0.25, 0.3) is 0 Å². The lowest BCUT2D eigenvalue weighted by Gasteiger charge is -2.25. The van der Waals surface area contributed by atoms with Crippen molar-refractivity contribution in [2.24, 2.45) is 0 Å². The Kier molecular flexibility index (Phi) is 31.7. The largest absolute Gasteiger partial charge is 0.472 e. The average Bonchev–Trinajstić information content (AvgIpc) is 3.10. The molecule has 0 fully saturated rings. The van der Waals surface area contributed by atoms with Crippen LogP contribution in [0.15, 0.2) is 72.9 Å². The normalized spacial score (nSPS) is 17.0. The number of amides is 1. The zero-order valence-electron chi connectivity index (χ0n) is 34.0. The molecule has 0 aromatic heterocycles. The minimum Gasteiger partial charge on any atom is -0.390 e. The fourth-order valence-corrected chi connectivity index (χ4v) is 5.88. The van der Waals surface area contributed by atoms with Crippen molar-refractivity contribution in [2.75, 3.05) is 40.9 Å². The van der Waals surface area contributed by atoms with Crippen molar-refractivity contribution in [1.29, 1.82) is 0 Å². The monoisotopic (exact) mass is 784 g/mol. The van der Waals surface area contributed by atoms with E-state index >= 15 is 0 Å². The second-order valence-electron chi connectivity index (χ2n) is 14.8. The quantitative estimate of drug-likeness (QED) is 0.0129. The maximum Gasteiger partial charge on any atom is 0.472 e. The summed E-state index contributed by atoms with van der Waals surface area (Å²) in [4.78, 5) is 23.1. The highest BCUT2D eigenvalue weighted by Crippen LogP contribution is 2.43. The number of hydrogen-bond acceptors (Lipinski definition) is 8. The standard InChI is InChI=1S/C42H75N2O9P/c1-6-8-10-11-12-13-14-15-16-17-21-25-30-39(46)38(36-53-54(50,51)52-35-34-44(3,4)5)43-42(49)33-27-32-41(48)40(47)31-26-22-19-18-20-24-29-37(45)28-23-9-7-2/h9,18-20,22-26,29-31,37-41,45-48H,6-8,10-17,21,27-28,32-36H2,1-5H3,(H-,43,49,50,51)/p+1/b20-18+,22-19-,23-9-,29-24+,30-25+,31-26-/t37-,38-,39+,40+,41+/m0/s1. The zero-order valence-corrected chi connectivity index (χ0v) is 34.9. The van der Waals surface area contributed by atoms with Gasteiger partial charge in [-0.1, -0.05) is 145 Å². The number of aliphatic hydroxyl groups excluding tert-OH is 4. The second-order valence-corrected chi connectivity index (χ2v) is 16.3. The van der Waals surface area contributed by atoms with Gasteiger partial charge in [0.1, 0.15) is 13.2 Å². The maximum absolute atomic E-state index is 12.8. The first kappa shape index (κ1) is 51.8. The first-order valence-electron chi connectivity index (χ1n) is 20.1. The maximum atomic E-state index is 12.8. The molecule has 0 aromatic carbocycles. The fourth-order valence-electron chi connectivity index (χ4n) is 5.14. The van der Waals surface area contributed by atoms with E-state index in [4.69, 9.17) is 9.05 Å². The smallest absolute Gasteiger partial charge is 0.390 e. The van der Waals surface area contributed by atoms with Crippen LogP contribution in [0.3, 0.4) is 0 Å². The molecule has 0 heterocycles. The van der Waals surface area contributed by atoms with Crippen LogP contribution in [0.25, 0.3) is 0 Å². The number of phosphoric ester groups is 1. The third-order valence-corrected chi connectivity index (χ3v) is 9.51. The van der Waals surface area contributed by atoms with Crippen LogP contribution in [0.4, 0.5) is 0 Å². The lowest BCUT2D eigenvalue weighted by Crippen LogP contribution is -2.45. The number of allylic oxidation sites excluding steroid dienone is 8. The van der Waals surface area contributed by atoms with Crippen LogP contribution in [0.1, 0.15) is 117 Å². The Morgan fingerprint density at radius 1 is 0.722 bits per heavy atom. The summed E-state index contributed by atoms with van der Waals surface area (Å²) in [7, 11) is 1.34. The zero-order chi connectivity index (χ0) is 40.5. The van der Waals surface area contributed by atoms with Gasteiger partial charge >= 0.3 is 7.82 Å². The van der Waals surface area contributed by atoms with Crippen molar-refractivity contribution in [1.82, 2.24) is 5.32 Å². The van der Waals surface area contributed by atoms with Crippen LogP contribution in [0.2, 0.25) is 0 Å². The highest BCUT2D eigenvalue weighted by Gasteiger charge is 2.28. The molecule has 0 aliphatic heterocycles. The minimum absolute atomic E-state index is 0.00236. The van der Waals surface area contributed by atoms with E-state index in [1.165, 1.54) is 57.4 Å². The molecule has 1 unspecified atom stereocenters. The molecule has 0 radical (unpaired) electrons. The number of nitrogens with one attached hydrogen (secondary N) is 1. The molecule has 0 spiro atoms. The van der Waals surface area contributed by atoms with E-state index in [1.54, 1.807) is 48.6 Å². The third-order valence-electron chi connectivity index (χ3n) is 8.53. The van der Waals surface area contributed by atoms with Gasteiger partial charge in [-0.25, -0.2) is 4.57 Å². The van der Waals surface area contributed by atoms with E-state index in [9.17, 15) is 34.7 Å². The molecule has 54 heavy (non-hydrogen) atoms. The van der Waals surface area contributed by atoms with Crippen molar-refractivity contribution < 1.29 is 48.2 Å². The molecular weight excluding hydrogens is 707 g/mol. The Bertz CT molecular complexity index is 1160. The van der Waals surface area contributed by atoms with Gasteiger partial charge in [0.2, 0.25) is 5.91 Å². The van der Waals surface area contributed by atoms with Gasteiger partial charge in [0.05, 0.1) is 58.2 Å². The van der Waals surface area contributed by atoms with Crippen LogP contribution in [0.5, 0.6) is 0 Å². The Hall–Kier alpha value is -2.18. The van der Waals surface area contributed by atoms with Crippen LogP contribution in [-0.4, -0.2) is 107 Å². The summed E-state index contributed by atoms with van der Waals surface area (Å²) >= 11 is 0. The number of hydrogen-bond donors (Lipinski definition) is 6. The van der Waals surface area contributed by atoms with Crippen LogP contribution < -0.4 is 5.32 Å². The molecule has 6 N–H and O–H groups in total. The number of carbonyl (C=O) groups excluding carboxylic acids is 1. The highest BCUT2D eigenvalue weighted by molar-refractivity contribution is 7.47. The van der Waals surface area contributed by atoms with Gasteiger partial charge in [-0.3, -0.25) is 13.8 Å². The molecule has 1 amide bonds. The molecule has 312 valence electrons. The molecule has 0 saturated carbocycles. The molecule has 0 rings (SSSR count). The van der Waals surface area contributed by atoms with Crippen molar-refractivity contribution in [2.45, 2.75) is 147 Å². The summed E-state index contributed by atoms with van der Waals surface area (Å²) in [6.07, 6.45) is 31.9. The number of likely N-dealkylation sites (N-methyl/N-ethyl adjacent to an activating group) is 1. The Labute approximate surface area is 327 Å². The van der Waals surface area contributed by atoms with Crippen LogP contribution in [0, 0.1) is 0 Å². The van der Waals surface area contributed by atoms with Gasteiger partial charge in [-0.2, -0.15) is 0 Å². The van der Waals surface area contributed by atoms with Crippen molar-refractivity contribution in [3.63, 3.8) is 0 Å². The molecule has 11 nitrogen and oxygen atoms in total. The lowest BCUT2D eigenvalue weighted by molar-refractivity contribution is -0.870. The van der Waals surface area contributed by atoms with Gasteiger partial charge in [-0.15, -0.1) is 0 Å². The molecule has 0 aliphatic rings. The number of rotatable bonds is 34. The summed E-state index contributed by atoms with van der Waals surface area (Å²) < 4.78 is 23.3. The first-order valence-corrected chi connectivity index (χ1v) is 21.6.